The summed E-state index contributed by atoms with van der Waals surface area (Å²) in [5.74, 6) is -0.674. The second-order valence-electron chi connectivity index (χ2n) is 5.16. The Balaban J connectivity index is 1.86. The van der Waals surface area contributed by atoms with Gasteiger partial charge in [0.15, 0.2) is 0 Å². The van der Waals surface area contributed by atoms with Gasteiger partial charge in [0.2, 0.25) is 10.0 Å². The molecular formula is C16H15FN4O2S. The summed E-state index contributed by atoms with van der Waals surface area (Å²) < 4.78 is 42.9. The van der Waals surface area contributed by atoms with Gasteiger partial charge in [0.1, 0.15) is 11.5 Å². The molecule has 1 aromatic carbocycles. The van der Waals surface area contributed by atoms with Gasteiger partial charge in [0.25, 0.3) is 0 Å². The van der Waals surface area contributed by atoms with E-state index in [4.69, 9.17) is 0 Å². The van der Waals surface area contributed by atoms with Crippen LogP contribution in [0.4, 0.5) is 4.39 Å². The van der Waals surface area contributed by atoms with Crippen molar-refractivity contribution in [2.45, 2.75) is 17.9 Å². The Kier molecular flexibility index (Phi) is 4.41. The van der Waals surface area contributed by atoms with Crippen LogP contribution >= 0.6 is 0 Å². The van der Waals surface area contributed by atoms with Gasteiger partial charge < -0.3 is 0 Å². The fourth-order valence-electron chi connectivity index (χ4n) is 2.25. The van der Waals surface area contributed by atoms with Crippen LogP contribution in [-0.2, 0) is 10.0 Å². The number of benzene rings is 1. The van der Waals surface area contributed by atoms with Crippen molar-refractivity contribution in [3.8, 4) is 5.69 Å². The summed E-state index contributed by atoms with van der Waals surface area (Å²) >= 11 is 0. The maximum Gasteiger partial charge on any atom is 0.241 e. The zero-order chi connectivity index (χ0) is 17.2. The van der Waals surface area contributed by atoms with E-state index in [1.807, 2.05) is 0 Å². The molecular weight excluding hydrogens is 331 g/mol. The number of sulfonamides is 1. The molecule has 0 fully saturated rings. The average molecular weight is 346 g/mol. The predicted octanol–water partition coefficient (Wildman–Crippen LogP) is 2.45. The van der Waals surface area contributed by atoms with E-state index in [-0.39, 0.29) is 10.6 Å². The van der Waals surface area contributed by atoms with Crippen molar-refractivity contribution in [1.82, 2.24) is 19.5 Å². The Morgan fingerprint density at radius 1 is 1.17 bits per heavy atom. The number of hydrogen-bond acceptors (Lipinski definition) is 4. The molecule has 2 aromatic heterocycles. The van der Waals surface area contributed by atoms with Gasteiger partial charge in [-0.15, -0.1) is 0 Å². The molecule has 0 saturated heterocycles. The highest BCUT2D eigenvalue weighted by Crippen LogP contribution is 2.20. The molecule has 6 nitrogen and oxygen atoms in total. The van der Waals surface area contributed by atoms with Crippen molar-refractivity contribution >= 4 is 10.0 Å². The fourth-order valence-corrected chi connectivity index (χ4v) is 3.47. The van der Waals surface area contributed by atoms with E-state index in [2.05, 4.69) is 14.8 Å². The topological polar surface area (TPSA) is 76.9 Å². The lowest BCUT2D eigenvalue weighted by Gasteiger charge is -2.14. The standard InChI is InChI=1S/C16H15FN4O2S/c1-12(15-5-2-3-8-18-15)20-24(22,23)13-6-7-16(14(17)11-13)21-10-4-9-19-21/h2-12,20H,1H3/t12-/m1/s1. The minimum absolute atomic E-state index is 0.154. The molecule has 1 N–H and O–H groups in total. The van der Waals surface area contributed by atoms with Crippen LogP contribution in [0.1, 0.15) is 18.7 Å². The summed E-state index contributed by atoms with van der Waals surface area (Å²) in [4.78, 5) is 3.96. The zero-order valence-electron chi connectivity index (χ0n) is 12.8. The molecule has 8 heteroatoms. The smallest absolute Gasteiger partial charge is 0.241 e. The molecule has 124 valence electrons. The van der Waals surface area contributed by atoms with Crippen LogP contribution in [0.25, 0.3) is 5.69 Å². The van der Waals surface area contributed by atoms with Crippen LogP contribution in [-0.4, -0.2) is 23.2 Å². The Morgan fingerprint density at radius 3 is 2.62 bits per heavy atom. The number of rotatable bonds is 5. The lowest BCUT2D eigenvalue weighted by molar-refractivity contribution is 0.560. The molecule has 0 bridgehead atoms. The lowest BCUT2D eigenvalue weighted by atomic mass is 10.2. The van der Waals surface area contributed by atoms with Crippen molar-refractivity contribution in [3.63, 3.8) is 0 Å². The van der Waals surface area contributed by atoms with Crippen molar-refractivity contribution in [2.75, 3.05) is 0 Å². The average Bonchev–Trinajstić information content (AvgIpc) is 3.09. The van der Waals surface area contributed by atoms with Gasteiger partial charge in [-0.3, -0.25) is 4.98 Å². The molecule has 3 aromatic rings. The number of pyridine rings is 1. The largest absolute Gasteiger partial charge is 0.260 e. The van der Waals surface area contributed by atoms with Gasteiger partial charge in [0, 0.05) is 18.6 Å². The molecule has 0 amide bonds. The number of aromatic nitrogens is 3. The minimum atomic E-state index is -3.88. The van der Waals surface area contributed by atoms with Crippen LogP contribution in [0.3, 0.4) is 0 Å². The van der Waals surface area contributed by atoms with Crippen molar-refractivity contribution < 1.29 is 12.8 Å². The van der Waals surface area contributed by atoms with E-state index in [0.29, 0.717) is 5.69 Å². The van der Waals surface area contributed by atoms with Gasteiger partial charge in [-0.2, -0.15) is 5.10 Å². The Bertz CT molecular complexity index is 928. The van der Waals surface area contributed by atoms with Crippen molar-refractivity contribution in [1.29, 1.82) is 0 Å². The van der Waals surface area contributed by atoms with E-state index in [0.717, 1.165) is 6.07 Å². The molecule has 0 aliphatic heterocycles. The van der Waals surface area contributed by atoms with Crippen molar-refractivity contribution in [3.05, 3.63) is 72.6 Å². The molecule has 0 unspecified atom stereocenters. The normalized spacial score (nSPS) is 12.9. The van der Waals surface area contributed by atoms with E-state index in [1.165, 1.54) is 23.0 Å². The van der Waals surface area contributed by atoms with Gasteiger partial charge in [-0.05, 0) is 43.3 Å². The SMILES string of the molecule is C[C@@H](NS(=O)(=O)c1ccc(-n2cccn2)c(F)c1)c1ccccn1. The van der Waals surface area contributed by atoms with Crippen LogP contribution in [0.5, 0.6) is 0 Å². The molecule has 0 radical (unpaired) electrons. The summed E-state index contributed by atoms with van der Waals surface area (Å²) in [6.07, 6.45) is 4.67. The van der Waals surface area contributed by atoms with Crippen LogP contribution in [0.15, 0.2) is 66.0 Å². The van der Waals surface area contributed by atoms with Crippen LogP contribution in [0.2, 0.25) is 0 Å². The monoisotopic (exact) mass is 346 g/mol. The highest BCUT2D eigenvalue weighted by molar-refractivity contribution is 7.89. The summed E-state index contributed by atoms with van der Waals surface area (Å²) in [5, 5.41) is 3.93. The quantitative estimate of drug-likeness (QED) is 0.770. The number of halogens is 1. The summed E-state index contributed by atoms with van der Waals surface area (Å²) in [5.41, 5.74) is 0.756. The summed E-state index contributed by atoms with van der Waals surface area (Å²) in [7, 11) is -3.88. The Labute approximate surface area is 139 Å². The first kappa shape index (κ1) is 16.3. The van der Waals surface area contributed by atoms with E-state index >= 15 is 0 Å². The predicted molar refractivity (Wildman–Crippen MR) is 86.5 cm³/mol. The van der Waals surface area contributed by atoms with E-state index in [1.54, 1.807) is 43.6 Å². The Hall–Kier alpha value is -2.58. The van der Waals surface area contributed by atoms with E-state index < -0.39 is 21.9 Å². The molecule has 0 aliphatic carbocycles. The lowest BCUT2D eigenvalue weighted by Crippen LogP contribution is -2.27. The zero-order valence-corrected chi connectivity index (χ0v) is 13.6. The Morgan fingerprint density at radius 2 is 2.00 bits per heavy atom. The highest BCUT2D eigenvalue weighted by Gasteiger charge is 2.20. The highest BCUT2D eigenvalue weighted by atomic mass is 32.2. The van der Waals surface area contributed by atoms with Crippen LogP contribution in [0, 0.1) is 5.82 Å². The minimum Gasteiger partial charge on any atom is -0.260 e. The summed E-state index contributed by atoms with van der Waals surface area (Å²) in [6.45, 7) is 1.67. The maximum atomic E-state index is 14.2. The number of hydrogen-bond donors (Lipinski definition) is 1. The van der Waals surface area contributed by atoms with Crippen molar-refractivity contribution in [2.24, 2.45) is 0 Å². The maximum absolute atomic E-state index is 14.2. The summed E-state index contributed by atoms with van der Waals surface area (Å²) in [6, 6.07) is 10.0. The molecule has 24 heavy (non-hydrogen) atoms. The molecule has 1 atom stereocenters. The first-order valence-electron chi connectivity index (χ1n) is 7.20. The third-order valence-corrected chi connectivity index (χ3v) is 4.98. The fraction of sp³-hybridized carbons (Fsp3) is 0.125. The third-order valence-electron chi connectivity index (χ3n) is 3.44. The third kappa shape index (κ3) is 3.34. The molecule has 3 rings (SSSR count). The second-order valence-corrected chi connectivity index (χ2v) is 6.88. The second kappa shape index (κ2) is 6.50. The van der Waals surface area contributed by atoms with Gasteiger partial charge in [0.05, 0.1) is 16.6 Å². The van der Waals surface area contributed by atoms with E-state index in [9.17, 15) is 12.8 Å². The molecule has 0 aliphatic rings. The first-order valence-corrected chi connectivity index (χ1v) is 8.68. The van der Waals surface area contributed by atoms with Crippen LogP contribution < -0.4 is 4.72 Å². The molecule has 0 saturated carbocycles. The molecule has 0 spiro atoms. The number of nitrogens with zero attached hydrogens (tertiary/aromatic N) is 3. The van der Waals surface area contributed by atoms with Gasteiger partial charge >= 0.3 is 0 Å². The first-order chi connectivity index (χ1) is 11.5. The van der Waals surface area contributed by atoms with Gasteiger partial charge in [-0.25, -0.2) is 22.2 Å². The van der Waals surface area contributed by atoms with Gasteiger partial charge in [-0.1, -0.05) is 6.07 Å². The number of nitrogens with one attached hydrogen (secondary N) is 1. The molecule has 2 heterocycles.